The summed E-state index contributed by atoms with van der Waals surface area (Å²) in [5.74, 6) is 0.947. The molecule has 0 bridgehead atoms. The van der Waals surface area contributed by atoms with Gasteiger partial charge in [-0.2, -0.15) is 0 Å². The highest BCUT2D eigenvalue weighted by atomic mass is 32.2. The lowest BCUT2D eigenvalue weighted by molar-refractivity contribution is 0.300. The van der Waals surface area contributed by atoms with Crippen LogP contribution in [0.1, 0.15) is 23.6 Å². The molecular formula is C13H20O2S. The number of aryl methyl sites for hydroxylation is 2. The average Bonchev–Trinajstić information content (AvgIpc) is 2.26. The van der Waals surface area contributed by atoms with E-state index in [1.807, 2.05) is 6.92 Å². The van der Waals surface area contributed by atoms with Gasteiger partial charge in [0, 0.05) is 5.25 Å². The first kappa shape index (κ1) is 13.4. The summed E-state index contributed by atoms with van der Waals surface area (Å²) in [4.78, 5) is 1.15. The Morgan fingerprint density at radius 2 is 1.94 bits per heavy atom. The average molecular weight is 240 g/mol. The summed E-state index contributed by atoms with van der Waals surface area (Å²) in [6.45, 7) is 8.44. The Morgan fingerprint density at radius 1 is 1.31 bits per heavy atom. The highest BCUT2D eigenvalue weighted by Crippen LogP contribution is 2.38. The Balaban J connectivity index is 3.20. The molecule has 0 fully saturated rings. The molecule has 0 spiro atoms. The predicted molar refractivity (Wildman–Crippen MR) is 69.6 cm³/mol. The number of hydrogen-bond donors (Lipinski definition) is 1. The van der Waals surface area contributed by atoms with Crippen molar-refractivity contribution >= 4 is 11.8 Å². The summed E-state index contributed by atoms with van der Waals surface area (Å²) in [5.41, 5.74) is 3.64. The molecule has 0 aliphatic rings. The van der Waals surface area contributed by atoms with Gasteiger partial charge in [-0.15, -0.1) is 11.8 Å². The van der Waals surface area contributed by atoms with Crippen molar-refractivity contribution in [3.63, 3.8) is 0 Å². The first-order valence-corrected chi connectivity index (χ1v) is 6.31. The van der Waals surface area contributed by atoms with Gasteiger partial charge in [0.25, 0.3) is 0 Å². The van der Waals surface area contributed by atoms with Crippen LogP contribution in [-0.4, -0.2) is 24.1 Å². The molecule has 0 heterocycles. The minimum atomic E-state index is 0.181. The molecule has 1 N–H and O–H groups in total. The molecule has 0 aromatic heterocycles. The van der Waals surface area contributed by atoms with E-state index in [9.17, 15) is 0 Å². The number of hydrogen-bond acceptors (Lipinski definition) is 3. The quantitative estimate of drug-likeness (QED) is 0.820. The molecule has 0 saturated heterocycles. The Kier molecular flexibility index (Phi) is 4.69. The first-order chi connectivity index (χ1) is 7.51. The molecule has 2 nitrogen and oxygen atoms in total. The second kappa shape index (κ2) is 5.60. The van der Waals surface area contributed by atoms with E-state index in [2.05, 4.69) is 26.8 Å². The number of methoxy groups -OCH3 is 1. The maximum absolute atomic E-state index is 9.11. The van der Waals surface area contributed by atoms with Crippen LogP contribution < -0.4 is 4.74 Å². The van der Waals surface area contributed by atoms with Gasteiger partial charge in [-0.05, 0) is 37.5 Å². The molecule has 1 rings (SSSR count). The number of aliphatic hydroxyl groups is 1. The lowest BCUT2D eigenvalue weighted by Gasteiger charge is -2.18. The van der Waals surface area contributed by atoms with Crippen molar-refractivity contribution in [3.8, 4) is 5.75 Å². The fraction of sp³-hybridized carbons (Fsp3) is 0.538. The van der Waals surface area contributed by atoms with Crippen LogP contribution in [0.5, 0.6) is 5.75 Å². The third kappa shape index (κ3) is 2.71. The Hall–Kier alpha value is -0.670. The van der Waals surface area contributed by atoms with Crippen molar-refractivity contribution in [2.75, 3.05) is 13.7 Å². The van der Waals surface area contributed by atoms with E-state index in [0.29, 0.717) is 0 Å². The number of aliphatic hydroxyl groups excluding tert-OH is 1. The Labute approximate surface area is 102 Å². The molecule has 1 aromatic carbocycles. The van der Waals surface area contributed by atoms with Crippen LogP contribution in [0.25, 0.3) is 0 Å². The van der Waals surface area contributed by atoms with Crippen molar-refractivity contribution in [2.24, 2.45) is 0 Å². The zero-order valence-corrected chi connectivity index (χ0v) is 11.4. The summed E-state index contributed by atoms with van der Waals surface area (Å²) in [6.07, 6.45) is 0. The second-order valence-electron chi connectivity index (χ2n) is 4.11. The van der Waals surface area contributed by atoms with E-state index >= 15 is 0 Å². The summed E-state index contributed by atoms with van der Waals surface area (Å²) in [7, 11) is 1.70. The van der Waals surface area contributed by atoms with E-state index < -0.39 is 0 Å². The maximum Gasteiger partial charge on any atom is 0.135 e. The minimum Gasteiger partial charge on any atom is -0.495 e. The van der Waals surface area contributed by atoms with E-state index in [1.54, 1.807) is 18.9 Å². The lowest BCUT2D eigenvalue weighted by Crippen LogP contribution is -2.04. The van der Waals surface area contributed by atoms with E-state index in [1.165, 1.54) is 16.7 Å². The molecule has 1 aromatic rings. The van der Waals surface area contributed by atoms with Crippen molar-refractivity contribution in [1.29, 1.82) is 0 Å². The minimum absolute atomic E-state index is 0.181. The van der Waals surface area contributed by atoms with Gasteiger partial charge in [0.2, 0.25) is 0 Å². The molecular weight excluding hydrogens is 220 g/mol. The molecule has 0 amide bonds. The summed E-state index contributed by atoms with van der Waals surface area (Å²) in [5, 5.41) is 9.30. The summed E-state index contributed by atoms with van der Waals surface area (Å²) < 4.78 is 5.48. The first-order valence-electron chi connectivity index (χ1n) is 5.43. The lowest BCUT2D eigenvalue weighted by atomic mass is 10.1. The molecule has 1 unspecified atom stereocenters. The number of thioether (sulfide) groups is 1. The Morgan fingerprint density at radius 3 is 2.44 bits per heavy atom. The second-order valence-corrected chi connectivity index (χ2v) is 5.56. The van der Waals surface area contributed by atoms with Crippen molar-refractivity contribution in [1.82, 2.24) is 0 Å². The highest BCUT2D eigenvalue weighted by Gasteiger charge is 2.15. The SMILES string of the molecule is COc1c(C)c(C)cc(C)c1SC(C)CO. The third-order valence-electron chi connectivity index (χ3n) is 2.71. The zero-order valence-electron chi connectivity index (χ0n) is 10.6. The summed E-state index contributed by atoms with van der Waals surface area (Å²) >= 11 is 1.67. The van der Waals surface area contributed by atoms with Crippen LogP contribution in [0, 0.1) is 20.8 Å². The van der Waals surface area contributed by atoms with Gasteiger partial charge in [-0.1, -0.05) is 13.0 Å². The van der Waals surface area contributed by atoms with E-state index in [4.69, 9.17) is 9.84 Å². The van der Waals surface area contributed by atoms with Crippen LogP contribution in [0.15, 0.2) is 11.0 Å². The van der Waals surface area contributed by atoms with Gasteiger partial charge in [-0.25, -0.2) is 0 Å². The number of benzene rings is 1. The highest BCUT2D eigenvalue weighted by molar-refractivity contribution is 8.00. The fourth-order valence-corrected chi connectivity index (χ4v) is 2.72. The van der Waals surface area contributed by atoms with Gasteiger partial charge in [0.15, 0.2) is 0 Å². The molecule has 16 heavy (non-hydrogen) atoms. The van der Waals surface area contributed by atoms with Crippen LogP contribution in [0.4, 0.5) is 0 Å². The topological polar surface area (TPSA) is 29.5 Å². The largest absolute Gasteiger partial charge is 0.495 e. The van der Waals surface area contributed by atoms with Gasteiger partial charge >= 0.3 is 0 Å². The standard InChI is InChI=1S/C13H20O2S/c1-8-6-9(2)13(16-10(3)7-14)12(15-5)11(8)4/h6,10,14H,7H2,1-5H3. The third-order valence-corrected chi connectivity index (χ3v) is 4.00. The van der Waals surface area contributed by atoms with Crippen LogP contribution in [0.3, 0.4) is 0 Å². The van der Waals surface area contributed by atoms with Gasteiger partial charge < -0.3 is 9.84 Å². The monoisotopic (exact) mass is 240 g/mol. The van der Waals surface area contributed by atoms with Crippen molar-refractivity contribution in [3.05, 3.63) is 22.8 Å². The smallest absolute Gasteiger partial charge is 0.135 e. The van der Waals surface area contributed by atoms with Gasteiger partial charge in [0.1, 0.15) is 5.75 Å². The van der Waals surface area contributed by atoms with Crippen molar-refractivity contribution in [2.45, 2.75) is 37.8 Å². The normalized spacial score (nSPS) is 12.6. The molecule has 3 heteroatoms. The summed E-state index contributed by atoms with van der Waals surface area (Å²) in [6, 6.07) is 2.17. The molecule has 0 aliphatic heterocycles. The molecule has 90 valence electrons. The van der Waals surface area contributed by atoms with Crippen LogP contribution >= 0.6 is 11.8 Å². The van der Waals surface area contributed by atoms with Gasteiger partial charge in [0.05, 0.1) is 18.6 Å². The predicted octanol–water partition coefficient (Wildman–Crippen LogP) is 3.09. The van der Waals surface area contributed by atoms with Crippen molar-refractivity contribution < 1.29 is 9.84 Å². The van der Waals surface area contributed by atoms with Crippen LogP contribution in [0.2, 0.25) is 0 Å². The number of ether oxygens (including phenoxy) is 1. The van der Waals surface area contributed by atoms with Crippen LogP contribution in [-0.2, 0) is 0 Å². The molecule has 0 radical (unpaired) electrons. The molecule has 0 aliphatic carbocycles. The zero-order chi connectivity index (χ0) is 12.3. The Bertz CT molecular complexity index is 375. The fourth-order valence-electron chi connectivity index (χ4n) is 1.66. The molecule has 1 atom stereocenters. The molecule has 0 saturated carbocycles. The van der Waals surface area contributed by atoms with E-state index in [-0.39, 0.29) is 11.9 Å². The van der Waals surface area contributed by atoms with E-state index in [0.717, 1.165) is 10.6 Å². The van der Waals surface area contributed by atoms with Gasteiger partial charge in [-0.3, -0.25) is 0 Å². The number of rotatable bonds is 4. The maximum atomic E-state index is 9.11.